The molecule has 3 amide bonds. The van der Waals surface area contributed by atoms with Gasteiger partial charge in [-0.25, -0.2) is 29.4 Å². The van der Waals surface area contributed by atoms with Gasteiger partial charge in [-0.1, -0.05) is 13.8 Å². The predicted molar refractivity (Wildman–Crippen MR) is 279 cm³/mol. The lowest BCUT2D eigenvalue weighted by Gasteiger charge is -2.29. The fourth-order valence-electron chi connectivity index (χ4n) is 8.38. The van der Waals surface area contributed by atoms with Crippen LogP contribution in [0.15, 0.2) is 48.7 Å². The van der Waals surface area contributed by atoms with Crippen LogP contribution in [-0.4, -0.2) is 157 Å². The molecule has 1 aliphatic rings. The number of nitrogens with one attached hydrogen (secondary N) is 3. The number of nitrogens with zero attached hydrogens (tertiary/aromatic N) is 7. The van der Waals surface area contributed by atoms with E-state index in [4.69, 9.17) is 40.3 Å². The van der Waals surface area contributed by atoms with Gasteiger partial charge in [0.2, 0.25) is 5.91 Å². The van der Waals surface area contributed by atoms with Crippen molar-refractivity contribution >= 4 is 57.8 Å². The molecule has 0 fully saturated rings. The standard InChI is InChI=1S/C52H70N12O11/c1-33-45-42(29-52(3,4)30-43(45)65)64(62-33)38-12-13-39(48(54)67)41(28-38)55-16-6-18-71-20-22-73-24-26-75-27-25-74-23-21-72-19-7-17-56-44(66)15-14-40(51(69)70)61-50(68)35-8-10-37(11-9-35)63(5)32-36-31-57-49-46(60-36)47(53)58-34(2)59-49/h8-13,28,31,40,55H,6-7,14-27,29-30,32H2,1-5H3,(H2,54,67)(H,56,66)(H,61,68)(H,69,70)(H2,53,57,58,59)/t40-/m0/s1. The molecule has 5 aromatic rings. The highest BCUT2D eigenvalue weighted by molar-refractivity contribution is 6.01. The molecule has 23 heteroatoms. The van der Waals surface area contributed by atoms with Crippen molar-refractivity contribution in [1.29, 1.82) is 0 Å². The largest absolute Gasteiger partial charge is 0.480 e. The second kappa shape index (κ2) is 27.9. The lowest BCUT2D eigenvalue weighted by atomic mass is 9.75. The van der Waals surface area contributed by atoms with Crippen LogP contribution in [0, 0.1) is 19.3 Å². The Kier molecular flexibility index (Phi) is 21.3. The maximum Gasteiger partial charge on any atom is 0.326 e. The molecule has 1 atom stereocenters. The number of amides is 3. The van der Waals surface area contributed by atoms with E-state index in [2.05, 4.69) is 49.7 Å². The van der Waals surface area contributed by atoms with E-state index in [1.807, 2.05) is 24.9 Å². The summed E-state index contributed by atoms with van der Waals surface area (Å²) in [6.45, 7) is 13.1. The third-order valence-electron chi connectivity index (χ3n) is 12.1. The van der Waals surface area contributed by atoms with Crippen LogP contribution in [-0.2, 0) is 46.2 Å². The van der Waals surface area contributed by atoms with Crippen molar-refractivity contribution in [2.75, 3.05) is 102 Å². The number of hydrogen-bond acceptors (Lipinski definition) is 18. The first-order valence-electron chi connectivity index (χ1n) is 25.1. The van der Waals surface area contributed by atoms with E-state index in [-0.39, 0.29) is 41.3 Å². The Balaban J connectivity index is 0.728. The molecule has 0 saturated heterocycles. The van der Waals surface area contributed by atoms with Gasteiger partial charge in [0.05, 0.1) is 99.5 Å². The van der Waals surface area contributed by atoms with Crippen LogP contribution in [0.5, 0.6) is 0 Å². The average Bonchev–Trinajstić information content (AvgIpc) is 3.70. The molecule has 0 bridgehead atoms. The number of nitrogens with two attached hydrogens (primary N) is 2. The lowest BCUT2D eigenvalue weighted by Crippen LogP contribution is -2.41. The number of nitrogen functional groups attached to an aromatic ring is 1. The number of carbonyl (C=O) groups excluding carboxylic acids is 4. The molecular formula is C52H70N12O11. The first-order valence-corrected chi connectivity index (χ1v) is 25.1. The summed E-state index contributed by atoms with van der Waals surface area (Å²) in [6.07, 6.45) is 3.87. The van der Waals surface area contributed by atoms with Gasteiger partial charge < -0.3 is 61.1 Å². The molecule has 8 N–H and O–H groups in total. The zero-order valence-corrected chi connectivity index (χ0v) is 43.4. The van der Waals surface area contributed by atoms with Gasteiger partial charge in [-0.3, -0.25) is 19.2 Å². The van der Waals surface area contributed by atoms with Gasteiger partial charge >= 0.3 is 5.97 Å². The molecular weight excluding hydrogens is 969 g/mol. The molecule has 0 saturated carbocycles. The van der Waals surface area contributed by atoms with Crippen LogP contribution < -0.4 is 32.3 Å². The van der Waals surface area contributed by atoms with Gasteiger partial charge in [0.1, 0.15) is 11.9 Å². The van der Waals surface area contributed by atoms with Crippen molar-refractivity contribution in [3.05, 3.63) is 88.3 Å². The van der Waals surface area contributed by atoms with E-state index in [0.717, 1.165) is 17.1 Å². The molecule has 75 heavy (non-hydrogen) atoms. The first-order chi connectivity index (χ1) is 36.0. The summed E-state index contributed by atoms with van der Waals surface area (Å²) in [5, 5.41) is 23.0. The Labute approximate surface area is 435 Å². The molecule has 3 heterocycles. The van der Waals surface area contributed by atoms with E-state index < -0.39 is 23.8 Å². The number of Topliss-reactive ketones (excluding diaryl/α,β-unsaturated/α-hetero) is 1. The molecule has 1 aliphatic carbocycles. The van der Waals surface area contributed by atoms with Crippen LogP contribution in [0.2, 0.25) is 0 Å². The summed E-state index contributed by atoms with van der Waals surface area (Å²) in [7, 11) is 1.85. The SMILES string of the molecule is Cc1nc(N)c2nc(CN(C)c3ccc(C(=O)N[C@@H](CCC(=O)NCCCOCCOCCOCCOCCOCCCNc4cc(-n5nc(C)c6c5CC(C)(C)CC6=O)ccc4C(N)=O)C(=O)O)cc3)cnc2n1. The molecule has 6 rings (SSSR count). The fraction of sp³-hybridized carbons (Fsp3) is 0.500. The Hall–Kier alpha value is -7.18. The number of aromatic nitrogens is 6. The maximum absolute atomic E-state index is 12.9. The zero-order chi connectivity index (χ0) is 53.9. The van der Waals surface area contributed by atoms with Gasteiger partial charge in [-0.2, -0.15) is 5.10 Å². The van der Waals surface area contributed by atoms with Crippen molar-refractivity contribution < 1.29 is 52.8 Å². The van der Waals surface area contributed by atoms with Crippen LogP contribution in [0.4, 0.5) is 17.2 Å². The second-order valence-corrected chi connectivity index (χ2v) is 18.9. The molecule has 0 radical (unpaired) electrons. The van der Waals surface area contributed by atoms with Crippen molar-refractivity contribution in [1.82, 2.24) is 40.3 Å². The number of aryl methyl sites for hydroxylation is 2. The van der Waals surface area contributed by atoms with E-state index in [0.29, 0.717) is 157 Å². The molecule has 0 unspecified atom stereocenters. The molecule has 3 aromatic heterocycles. The van der Waals surface area contributed by atoms with Gasteiger partial charge in [0, 0.05) is 63.1 Å². The number of ether oxygens (including phenoxy) is 5. The predicted octanol–water partition coefficient (Wildman–Crippen LogP) is 3.75. The van der Waals surface area contributed by atoms with Gasteiger partial charge in [-0.15, -0.1) is 0 Å². The highest BCUT2D eigenvalue weighted by atomic mass is 16.6. The molecule has 404 valence electrons. The number of carbonyl (C=O) groups is 5. The number of fused-ring (bicyclic) bond motifs is 2. The second-order valence-electron chi connectivity index (χ2n) is 18.9. The molecule has 0 aliphatic heterocycles. The van der Waals surface area contributed by atoms with Crippen molar-refractivity contribution in [3.8, 4) is 5.69 Å². The van der Waals surface area contributed by atoms with Gasteiger partial charge in [0.25, 0.3) is 11.8 Å². The highest BCUT2D eigenvalue weighted by Gasteiger charge is 2.36. The number of anilines is 3. The molecule has 23 nitrogen and oxygen atoms in total. The van der Waals surface area contributed by atoms with E-state index in [1.54, 1.807) is 54.2 Å². The quantitative estimate of drug-likeness (QED) is 0.0334. The Bertz CT molecular complexity index is 2750. The Morgan fingerprint density at radius 1 is 0.840 bits per heavy atom. The van der Waals surface area contributed by atoms with E-state index >= 15 is 0 Å². The maximum atomic E-state index is 12.9. The number of rotatable bonds is 32. The third-order valence-corrected chi connectivity index (χ3v) is 12.1. The van der Waals surface area contributed by atoms with E-state index in [9.17, 15) is 29.1 Å². The average molecular weight is 1040 g/mol. The molecule has 2 aromatic carbocycles. The Morgan fingerprint density at radius 3 is 2.09 bits per heavy atom. The summed E-state index contributed by atoms with van der Waals surface area (Å²) < 4.78 is 29.8. The minimum absolute atomic E-state index is 0.0851. The van der Waals surface area contributed by atoms with Crippen molar-refractivity contribution in [2.45, 2.75) is 78.8 Å². The Morgan fingerprint density at radius 2 is 1.47 bits per heavy atom. The molecule has 0 spiro atoms. The summed E-state index contributed by atoms with van der Waals surface area (Å²) in [5.41, 5.74) is 18.0. The van der Waals surface area contributed by atoms with Gasteiger partial charge in [-0.05, 0) is 87.4 Å². The number of aliphatic carboxylic acids is 1. The lowest BCUT2D eigenvalue weighted by molar-refractivity contribution is -0.139. The normalized spacial score (nSPS) is 13.3. The van der Waals surface area contributed by atoms with Gasteiger partial charge in [0.15, 0.2) is 22.8 Å². The third kappa shape index (κ3) is 17.2. The van der Waals surface area contributed by atoms with Crippen LogP contribution in [0.1, 0.15) is 99.9 Å². The van der Waals surface area contributed by atoms with E-state index in [1.165, 1.54) is 0 Å². The fourth-order valence-corrected chi connectivity index (χ4v) is 8.38. The first kappa shape index (κ1) is 57.1. The minimum Gasteiger partial charge on any atom is -0.480 e. The smallest absolute Gasteiger partial charge is 0.326 e. The number of carboxylic acid groups (broad SMARTS) is 1. The summed E-state index contributed by atoms with van der Waals surface area (Å²) in [4.78, 5) is 81.6. The topological polar surface area (TPSA) is 312 Å². The van der Waals surface area contributed by atoms with Crippen molar-refractivity contribution in [3.63, 3.8) is 0 Å². The number of carboxylic acids is 1. The highest BCUT2D eigenvalue weighted by Crippen LogP contribution is 2.37. The summed E-state index contributed by atoms with van der Waals surface area (Å²) >= 11 is 0. The number of primary amides is 1. The minimum atomic E-state index is -1.26. The number of ketones is 1. The summed E-state index contributed by atoms with van der Waals surface area (Å²) in [6, 6.07) is 10.7. The number of benzene rings is 2. The summed E-state index contributed by atoms with van der Waals surface area (Å²) in [5.74, 6) is -1.84. The van der Waals surface area contributed by atoms with Crippen LogP contribution in [0.25, 0.3) is 16.9 Å². The zero-order valence-electron chi connectivity index (χ0n) is 43.4. The van der Waals surface area contributed by atoms with Crippen molar-refractivity contribution in [2.24, 2.45) is 11.1 Å². The number of hydrogen-bond donors (Lipinski definition) is 6. The van der Waals surface area contributed by atoms with Crippen LogP contribution in [0.3, 0.4) is 0 Å². The monoisotopic (exact) mass is 1040 g/mol. The van der Waals surface area contributed by atoms with Crippen LogP contribution >= 0.6 is 0 Å².